The molecule has 0 spiro atoms. The van der Waals surface area contributed by atoms with Crippen molar-refractivity contribution in [2.45, 2.75) is 25.7 Å². The molecule has 0 heterocycles. The van der Waals surface area contributed by atoms with Gasteiger partial charge in [0.2, 0.25) is 0 Å². The molecule has 0 amide bonds. The molecule has 0 aromatic carbocycles. The van der Waals surface area contributed by atoms with E-state index in [0.29, 0.717) is 11.7 Å². The highest BCUT2D eigenvalue weighted by atomic mass is 16.3. The second kappa shape index (κ2) is 2.01. The summed E-state index contributed by atoms with van der Waals surface area (Å²) in [7, 11) is 0. The van der Waals surface area contributed by atoms with Crippen LogP contribution in [-0.2, 0) is 0 Å². The van der Waals surface area contributed by atoms with Gasteiger partial charge in [-0.15, -0.1) is 0 Å². The largest absolute Gasteiger partial charge is 0.513 e. The number of aliphatic hydroxyl groups excluding tert-OH is 1. The highest BCUT2D eigenvalue weighted by Gasteiger charge is 2.40. The molecular formula is C9H14O. The summed E-state index contributed by atoms with van der Waals surface area (Å²) in [5.74, 6) is 2.59. The van der Waals surface area contributed by atoms with Gasteiger partial charge in [0.25, 0.3) is 0 Å². The molecule has 2 rings (SSSR count). The minimum Gasteiger partial charge on any atom is -0.513 e. The minimum absolute atomic E-state index is 0.437. The molecule has 2 fully saturated rings. The molecule has 1 N–H and O–H groups in total. The molecule has 56 valence electrons. The van der Waals surface area contributed by atoms with Crippen LogP contribution < -0.4 is 0 Å². The van der Waals surface area contributed by atoms with Crippen molar-refractivity contribution in [3.63, 3.8) is 0 Å². The van der Waals surface area contributed by atoms with Crippen LogP contribution in [0.5, 0.6) is 0 Å². The summed E-state index contributed by atoms with van der Waals surface area (Å²) in [6.07, 6.45) is 5.29. The molecule has 1 unspecified atom stereocenters. The number of hydrogen-bond donors (Lipinski definition) is 1. The second-order valence-corrected chi connectivity index (χ2v) is 3.77. The first-order valence-corrected chi connectivity index (χ1v) is 4.15. The summed E-state index contributed by atoms with van der Waals surface area (Å²) >= 11 is 0. The van der Waals surface area contributed by atoms with E-state index in [1.807, 2.05) is 0 Å². The van der Waals surface area contributed by atoms with E-state index in [4.69, 9.17) is 0 Å². The van der Waals surface area contributed by atoms with Crippen molar-refractivity contribution >= 4 is 0 Å². The van der Waals surface area contributed by atoms with E-state index in [9.17, 15) is 5.11 Å². The first-order valence-electron chi connectivity index (χ1n) is 4.15. The normalized spacial score (nSPS) is 44.2. The SMILES string of the molecule is C=C(O)C1C[C@H]2CC[C@@H]1C2. The van der Waals surface area contributed by atoms with Crippen molar-refractivity contribution < 1.29 is 5.11 Å². The molecule has 1 heteroatoms. The Hall–Kier alpha value is -0.460. The zero-order valence-corrected chi connectivity index (χ0v) is 6.21. The smallest absolute Gasteiger partial charge is 0.0884 e. The fourth-order valence-electron chi connectivity index (χ4n) is 2.65. The van der Waals surface area contributed by atoms with Crippen LogP contribution >= 0.6 is 0 Å². The Morgan fingerprint density at radius 2 is 2.10 bits per heavy atom. The monoisotopic (exact) mass is 138 g/mol. The summed E-state index contributed by atoms with van der Waals surface area (Å²) in [6.45, 7) is 3.61. The quantitative estimate of drug-likeness (QED) is 0.552. The van der Waals surface area contributed by atoms with E-state index >= 15 is 0 Å². The highest BCUT2D eigenvalue weighted by Crippen LogP contribution is 2.50. The molecular weight excluding hydrogens is 124 g/mol. The molecule has 0 aliphatic heterocycles. The lowest BCUT2D eigenvalue weighted by Crippen LogP contribution is -2.11. The third-order valence-corrected chi connectivity index (χ3v) is 3.17. The second-order valence-electron chi connectivity index (χ2n) is 3.77. The highest BCUT2D eigenvalue weighted by molar-refractivity contribution is 5.01. The third kappa shape index (κ3) is 0.764. The van der Waals surface area contributed by atoms with Gasteiger partial charge in [0.1, 0.15) is 0 Å². The lowest BCUT2D eigenvalue weighted by atomic mass is 9.88. The van der Waals surface area contributed by atoms with Crippen LogP contribution in [0.25, 0.3) is 0 Å². The van der Waals surface area contributed by atoms with E-state index < -0.39 is 0 Å². The van der Waals surface area contributed by atoms with E-state index in [1.54, 1.807) is 0 Å². The molecule has 0 saturated heterocycles. The maximum Gasteiger partial charge on any atom is 0.0884 e. The van der Waals surface area contributed by atoms with Gasteiger partial charge in [-0.2, -0.15) is 0 Å². The number of rotatable bonds is 1. The van der Waals surface area contributed by atoms with Crippen molar-refractivity contribution in [3.05, 3.63) is 12.3 Å². The van der Waals surface area contributed by atoms with Crippen molar-refractivity contribution in [3.8, 4) is 0 Å². The van der Waals surface area contributed by atoms with E-state index in [2.05, 4.69) is 6.58 Å². The van der Waals surface area contributed by atoms with Gasteiger partial charge < -0.3 is 5.11 Å². The third-order valence-electron chi connectivity index (χ3n) is 3.17. The fraction of sp³-hybridized carbons (Fsp3) is 0.778. The molecule has 1 nitrogen and oxygen atoms in total. The molecule has 0 radical (unpaired) electrons. The molecule has 2 saturated carbocycles. The Balaban J connectivity index is 2.08. The van der Waals surface area contributed by atoms with Crippen molar-refractivity contribution in [1.82, 2.24) is 0 Å². The predicted octanol–water partition coefficient (Wildman–Crippen LogP) is 2.49. The number of allylic oxidation sites excluding steroid dienone is 1. The molecule has 10 heavy (non-hydrogen) atoms. The summed E-state index contributed by atoms with van der Waals surface area (Å²) in [5.41, 5.74) is 0. The van der Waals surface area contributed by atoms with Crippen molar-refractivity contribution in [2.75, 3.05) is 0 Å². The molecule has 2 bridgehead atoms. The summed E-state index contributed by atoms with van der Waals surface area (Å²) in [5, 5.41) is 9.18. The maximum absolute atomic E-state index is 9.18. The van der Waals surface area contributed by atoms with Gasteiger partial charge in [-0.3, -0.25) is 0 Å². The zero-order valence-electron chi connectivity index (χ0n) is 6.21. The summed E-state index contributed by atoms with van der Waals surface area (Å²) in [4.78, 5) is 0. The van der Waals surface area contributed by atoms with Crippen LogP contribution in [0.3, 0.4) is 0 Å². The number of hydrogen-bond acceptors (Lipinski definition) is 1. The first-order chi connectivity index (χ1) is 4.77. The van der Waals surface area contributed by atoms with Gasteiger partial charge in [-0.1, -0.05) is 13.0 Å². The minimum atomic E-state index is 0.437. The maximum atomic E-state index is 9.18. The Labute approximate surface area is 61.8 Å². The van der Waals surface area contributed by atoms with Gasteiger partial charge >= 0.3 is 0 Å². The summed E-state index contributed by atoms with van der Waals surface area (Å²) < 4.78 is 0. The zero-order chi connectivity index (χ0) is 7.14. The average Bonchev–Trinajstić information content (AvgIpc) is 2.44. The molecule has 3 atom stereocenters. The van der Waals surface area contributed by atoms with E-state index in [1.165, 1.54) is 25.7 Å². The van der Waals surface area contributed by atoms with Crippen molar-refractivity contribution in [1.29, 1.82) is 0 Å². The van der Waals surface area contributed by atoms with Crippen LogP contribution in [-0.4, -0.2) is 5.11 Å². The van der Waals surface area contributed by atoms with Crippen LogP contribution in [0, 0.1) is 17.8 Å². The molecule has 2 aliphatic rings. The molecule has 2 aliphatic carbocycles. The van der Waals surface area contributed by atoms with Crippen LogP contribution in [0.4, 0.5) is 0 Å². The molecule has 0 aromatic rings. The number of aliphatic hydroxyl groups is 1. The van der Waals surface area contributed by atoms with E-state index in [0.717, 1.165) is 11.8 Å². The standard InChI is InChI=1S/C9H14O/c1-6(10)9-5-7-2-3-8(9)4-7/h7-10H,1-5H2/t7-,8+,9?/m0/s1. The van der Waals surface area contributed by atoms with Gasteiger partial charge in [0.05, 0.1) is 5.76 Å². The van der Waals surface area contributed by atoms with Crippen LogP contribution in [0.15, 0.2) is 12.3 Å². The van der Waals surface area contributed by atoms with Gasteiger partial charge in [0.15, 0.2) is 0 Å². The Morgan fingerprint density at radius 3 is 2.40 bits per heavy atom. The van der Waals surface area contributed by atoms with E-state index in [-0.39, 0.29) is 0 Å². The Kier molecular flexibility index (Phi) is 1.26. The van der Waals surface area contributed by atoms with Gasteiger partial charge in [-0.05, 0) is 31.1 Å². The first kappa shape index (κ1) is 6.26. The van der Waals surface area contributed by atoms with Crippen LogP contribution in [0.1, 0.15) is 25.7 Å². The fourth-order valence-corrected chi connectivity index (χ4v) is 2.65. The van der Waals surface area contributed by atoms with Crippen LogP contribution in [0.2, 0.25) is 0 Å². The van der Waals surface area contributed by atoms with Crippen molar-refractivity contribution in [2.24, 2.45) is 17.8 Å². The molecule has 0 aromatic heterocycles. The average molecular weight is 138 g/mol. The lowest BCUT2D eigenvalue weighted by molar-refractivity contribution is 0.262. The summed E-state index contributed by atoms with van der Waals surface area (Å²) in [6, 6.07) is 0. The Morgan fingerprint density at radius 1 is 1.30 bits per heavy atom. The number of fused-ring (bicyclic) bond motifs is 2. The predicted molar refractivity (Wildman–Crippen MR) is 40.7 cm³/mol. The Bertz CT molecular complexity index is 162. The lowest BCUT2D eigenvalue weighted by Gasteiger charge is -2.19. The van der Waals surface area contributed by atoms with Gasteiger partial charge in [0, 0.05) is 5.92 Å². The van der Waals surface area contributed by atoms with Gasteiger partial charge in [-0.25, -0.2) is 0 Å². The topological polar surface area (TPSA) is 20.2 Å².